The smallest absolute Gasteiger partial charge is 0.410 e. The highest BCUT2D eigenvalue weighted by atomic mass is 16.6. The van der Waals surface area contributed by atoms with Gasteiger partial charge in [-0.3, -0.25) is 4.90 Å². The van der Waals surface area contributed by atoms with E-state index in [0.717, 1.165) is 12.8 Å². The zero-order valence-corrected chi connectivity index (χ0v) is 15.0. The second-order valence-electron chi connectivity index (χ2n) is 7.40. The van der Waals surface area contributed by atoms with Crippen LogP contribution in [-0.4, -0.2) is 27.7 Å². The largest absolute Gasteiger partial charge is 0.444 e. The molecular weight excluding hydrogens is 300 g/mol. The van der Waals surface area contributed by atoms with Gasteiger partial charge in [0.25, 0.3) is 0 Å². The molecule has 4 heteroatoms. The third-order valence-electron chi connectivity index (χ3n) is 4.57. The van der Waals surface area contributed by atoms with Crippen molar-refractivity contribution in [2.24, 2.45) is 7.05 Å². The number of amides is 1. The monoisotopic (exact) mass is 326 g/mol. The van der Waals surface area contributed by atoms with E-state index >= 15 is 0 Å². The Balaban J connectivity index is 2.06. The quantitative estimate of drug-likeness (QED) is 0.757. The van der Waals surface area contributed by atoms with Gasteiger partial charge in [0, 0.05) is 30.2 Å². The lowest BCUT2D eigenvalue weighted by Crippen LogP contribution is -2.43. The predicted molar refractivity (Wildman–Crippen MR) is 97.1 cm³/mol. The molecule has 0 aliphatic carbocycles. The summed E-state index contributed by atoms with van der Waals surface area (Å²) < 4.78 is 7.84. The molecule has 2 aromatic rings. The number of aromatic nitrogens is 1. The van der Waals surface area contributed by atoms with Gasteiger partial charge in [0.2, 0.25) is 0 Å². The molecule has 4 nitrogen and oxygen atoms in total. The molecule has 0 spiro atoms. The lowest BCUT2D eigenvalue weighted by atomic mass is 9.95. The number of para-hydroxylation sites is 1. The Morgan fingerprint density at radius 3 is 2.75 bits per heavy atom. The van der Waals surface area contributed by atoms with E-state index in [0.29, 0.717) is 6.54 Å². The lowest BCUT2D eigenvalue weighted by Gasteiger charge is -2.37. The SMILES string of the molecule is C=CCC1c2c(c3ccccc3n2C)CCN1C(=O)OC(C)(C)C. The first-order chi connectivity index (χ1) is 11.3. The highest BCUT2D eigenvalue weighted by Crippen LogP contribution is 2.38. The number of ether oxygens (including phenoxy) is 1. The third kappa shape index (κ3) is 2.81. The molecular formula is C20H26N2O2. The van der Waals surface area contributed by atoms with Crippen molar-refractivity contribution in [3.05, 3.63) is 48.2 Å². The fourth-order valence-corrected chi connectivity index (χ4v) is 3.65. The Bertz CT molecular complexity index is 783. The van der Waals surface area contributed by atoms with Crippen LogP contribution in [0.3, 0.4) is 0 Å². The van der Waals surface area contributed by atoms with Crippen LogP contribution in [0.5, 0.6) is 0 Å². The van der Waals surface area contributed by atoms with E-state index in [2.05, 4.69) is 42.5 Å². The summed E-state index contributed by atoms with van der Waals surface area (Å²) in [5.74, 6) is 0. The van der Waals surface area contributed by atoms with Crippen LogP contribution in [-0.2, 0) is 18.2 Å². The average Bonchev–Trinajstić information content (AvgIpc) is 2.80. The highest BCUT2D eigenvalue weighted by Gasteiger charge is 2.36. The number of hydrogen-bond acceptors (Lipinski definition) is 2. The van der Waals surface area contributed by atoms with Gasteiger partial charge in [0.05, 0.1) is 6.04 Å². The molecule has 1 amide bonds. The van der Waals surface area contributed by atoms with Crippen LogP contribution in [0, 0.1) is 0 Å². The van der Waals surface area contributed by atoms with E-state index in [4.69, 9.17) is 4.74 Å². The number of carbonyl (C=O) groups excluding carboxylic acids is 1. The van der Waals surface area contributed by atoms with Crippen molar-refractivity contribution in [3.8, 4) is 0 Å². The maximum Gasteiger partial charge on any atom is 0.410 e. The Labute approximate surface area is 143 Å². The first-order valence-corrected chi connectivity index (χ1v) is 8.50. The Kier molecular flexibility index (Phi) is 4.16. The van der Waals surface area contributed by atoms with Crippen LogP contribution in [0.1, 0.15) is 44.5 Å². The van der Waals surface area contributed by atoms with Gasteiger partial charge < -0.3 is 9.30 Å². The van der Waals surface area contributed by atoms with Crippen LogP contribution in [0.4, 0.5) is 4.79 Å². The molecule has 1 unspecified atom stereocenters. The Morgan fingerprint density at radius 1 is 1.38 bits per heavy atom. The van der Waals surface area contributed by atoms with Crippen LogP contribution in [0.15, 0.2) is 36.9 Å². The first kappa shape index (κ1) is 16.6. The number of hydrogen-bond donors (Lipinski definition) is 0. The third-order valence-corrected chi connectivity index (χ3v) is 4.57. The second kappa shape index (κ2) is 6.00. The zero-order chi connectivity index (χ0) is 17.5. The number of rotatable bonds is 2. The molecule has 0 bridgehead atoms. The van der Waals surface area contributed by atoms with Crippen LogP contribution >= 0.6 is 0 Å². The summed E-state index contributed by atoms with van der Waals surface area (Å²) in [4.78, 5) is 14.6. The topological polar surface area (TPSA) is 34.5 Å². The summed E-state index contributed by atoms with van der Waals surface area (Å²) in [6, 6.07) is 8.41. The number of benzene rings is 1. The number of aryl methyl sites for hydroxylation is 1. The zero-order valence-electron chi connectivity index (χ0n) is 15.0. The molecule has 0 saturated heterocycles. The summed E-state index contributed by atoms with van der Waals surface area (Å²) in [6.07, 6.45) is 3.21. The standard InChI is InChI=1S/C20H26N2O2/c1-6-9-17-18-15(14-10-7-8-11-16(14)21(18)5)12-13-22(17)19(23)24-20(2,3)4/h6-8,10-11,17H,1,9,12-13H2,2-5H3. The Hall–Kier alpha value is -2.23. The van der Waals surface area contributed by atoms with Gasteiger partial charge in [0.15, 0.2) is 0 Å². The molecule has 1 aliphatic heterocycles. The minimum Gasteiger partial charge on any atom is -0.444 e. The van der Waals surface area contributed by atoms with E-state index in [1.807, 2.05) is 31.7 Å². The average molecular weight is 326 g/mol. The van der Waals surface area contributed by atoms with Crippen molar-refractivity contribution < 1.29 is 9.53 Å². The van der Waals surface area contributed by atoms with Crippen molar-refractivity contribution >= 4 is 17.0 Å². The van der Waals surface area contributed by atoms with Gasteiger partial charge in [-0.05, 0) is 45.2 Å². The highest BCUT2D eigenvalue weighted by molar-refractivity contribution is 5.86. The van der Waals surface area contributed by atoms with E-state index in [-0.39, 0.29) is 12.1 Å². The van der Waals surface area contributed by atoms with Gasteiger partial charge in [0.1, 0.15) is 5.60 Å². The molecule has 24 heavy (non-hydrogen) atoms. The number of nitrogens with zero attached hydrogens (tertiary/aromatic N) is 2. The second-order valence-corrected chi connectivity index (χ2v) is 7.40. The fraction of sp³-hybridized carbons (Fsp3) is 0.450. The minimum absolute atomic E-state index is 0.0292. The van der Waals surface area contributed by atoms with Crippen molar-refractivity contribution in [1.29, 1.82) is 0 Å². The molecule has 0 saturated carbocycles. The molecule has 1 aromatic heterocycles. The van der Waals surface area contributed by atoms with Crippen LogP contribution in [0.25, 0.3) is 10.9 Å². The number of carbonyl (C=O) groups is 1. The van der Waals surface area contributed by atoms with Crippen molar-refractivity contribution in [2.75, 3.05) is 6.54 Å². The van der Waals surface area contributed by atoms with Gasteiger partial charge in [-0.1, -0.05) is 24.3 Å². The van der Waals surface area contributed by atoms with Crippen molar-refractivity contribution in [2.45, 2.75) is 45.3 Å². The molecule has 2 heterocycles. The summed E-state index contributed by atoms with van der Waals surface area (Å²) in [5, 5.41) is 1.29. The molecule has 1 aromatic carbocycles. The van der Waals surface area contributed by atoms with E-state index < -0.39 is 5.60 Å². The molecule has 1 atom stereocenters. The Morgan fingerprint density at radius 2 is 2.08 bits per heavy atom. The molecule has 0 radical (unpaired) electrons. The van der Waals surface area contributed by atoms with Crippen molar-refractivity contribution in [3.63, 3.8) is 0 Å². The summed E-state index contributed by atoms with van der Waals surface area (Å²) in [7, 11) is 2.08. The molecule has 3 rings (SSSR count). The van der Waals surface area contributed by atoms with E-state index in [1.54, 1.807) is 0 Å². The van der Waals surface area contributed by atoms with E-state index in [1.165, 1.54) is 22.2 Å². The van der Waals surface area contributed by atoms with E-state index in [9.17, 15) is 4.79 Å². The van der Waals surface area contributed by atoms with Gasteiger partial charge >= 0.3 is 6.09 Å². The maximum atomic E-state index is 12.7. The molecule has 1 aliphatic rings. The summed E-state index contributed by atoms with van der Waals surface area (Å²) in [6.45, 7) is 10.3. The van der Waals surface area contributed by atoms with Crippen LogP contribution in [0.2, 0.25) is 0 Å². The number of fused-ring (bicyclic) bond motifs is 3. The molecule has 128 valence electrons. The first-order valence-electron chi connectivity index (χ1n) is 8.50. The fourth-order valence-electron chi connectivity index (χ4n) is 3.65. The van der Waals surface area contributed by atoms with Gasteiger partial charge in [-0.15, -0.1) is 6.58 Å². The van der Waals surface area contributed by atoms with Crippen molar-refractivity contribution in [1.82, 2.24) is 9.47 Å². The summed E-state index contributed by atoms with van der Waals surface area (Å²) in [5.41, 5.74) is 3.27. The van der Waals surface area contributed by atoms with Gasteiger partial charge in [-0.25, -0.2) is 4.79 Å². The maximum absolute atomic E-state index is 12.7. The summed E-state index contributed by atoms with van der Waals surface area (Å²) >= 11 is 0. The normalized spacial score (nSPS) is 17.7. The molecule has 0 fully saturated rings. The molecule has 0 N–H and O–H groups in total. The van der Waals surface area contributed by atoms with Gasteiger partial charge in [-0.2, -0.15) is 0 Å². The lowest BCUT2D eigenvalue weighted by molar-refractivity contribution is 0.0137. The minimum atomic E-state index is -0.491. The predicted octanol–water partition coefficient (Wildman–Crippen LogP) is 4.59. The van der Waals surface area contributed by atoms with Crippen LogP contribution < -0.4 is 0 Å².